The number of halogens is 4. The first-order valence-corrected chi connectivity index (χ1v) is 11.7. The minimum atomic E-state index is -1.23. The Labute approximate surface area is 217 Å². The van der Waals surface area contributed by atoms with E-state index in [1.165, 1.54) is 18.1 Å². The lowest BCUT2D eigenvalue weighted by molar-refractivity contribution is -0.142. The molecule has 0 aliphatic rings. The van der Waals surface area contributed by atoms with E-state index in [1.54, 1.807) is 43.4 Å². The Hall–Kier alpha value is -3.72. The van der Waals surface area contributed by atoms with E-state index in [1.807, 2.05) is 0 Å². The number of hydrogen-bond donors (Lipinski definition) is 1. The van der Waals surface area contributed by atoms with Crippen molar-refractivity contribution in [1.29, 1.82) is 0 Å². The van der Waals surface area contributed by atoms with Gasteiger partial charge in [-0.3, -0.25) is 4.79 Å². The van der Waals surface area contributed by atoms with Gasteiger partial charge in [-0.1, -0.05) is 23.7 Å². The fraction of sp³-hybridized carbons (Fsp3) is 0.259. The van der Waals surface area contributed by atoms with Gasteiger partial charge in [0.2, 0.25) is 0 Å². The smallest absolute Gasteiger partial charge is 0.343 e. The van der Waals surface area contributed by atoms with Crippen molar-refractivity contribution in [3.05, 3.63) is 93.3 Å². The SMILES string of the molecule is CNc1ccc(Cl)cc1C(=O)N(CCc1cc(F)c(F)c(C)c1F)Cc1ccc(OCC(=O)OC)cc1. The second kappa shape index (κ2) is 12.5. The van der Waals surface area contributed by atoms with Gasteiger partial charge in [0.25, 0.3) is 5.91 Å². The fourth-order valence-corrected chi connectivity index (χ4v) is 3.85. The van der Waals surface area contributed by atoms with Gasteiger partial charge >= 0.3 is 5.97 Å². The summed E-state index contributed by atoms with van der Waals surface area (Å²) >= 11 is 6.13. The second-order valence-electron chi connectivity index (χ2n) is 8.20. The third-order valence-corrected chi connectivity index (χ3v) is 5.99. The largest absolute Gasteiger partial charge is 0.482 e. The predicted octanol–water partition coefficient (Wildman–Crippen LogP) is 5.54. The molecule has 0 heterocycles. The molecule has 0 fully saturated rings. The molecule has 196 valence electrons. The van der Waals surface area contributed by atoms with Crippen LogP contribution in [0.5, 0.6) is 5.75 Å². The topological polar surface area (TPSA) is 67.9 Å². The molecule has 0 saturated heterocycles. The van der Waals surface area contributed by atoms with Crippen LogP contribution in [0.3, 0.4) is 0 Å². The Morgan fingerprint density at radius 2 is 1.73 bits per heavy atom. The number of benzene rings is 3. The summed E-state index contributed by atoms with van der Waals surface area (Å²) in [4.78, 5) is 26.3. The molecule has 3 aromatic rings. The zero-order chi connectivity index (χ0) is 27.1. The molecule has 3 rings (SSSR count). The second-order valence-corrected chi connectivity index (χ2v) is 8.63. The summed E-state index contributed by atoms with van der Waals surface area (Å²) in [5.74, 6) is -3.72. The number of carbonyl (C=O) groups is 2. The Balaban J connectivity index is 1.87. The predicted molar refractivity (Wildman–Crippen MR) is 134 cm³/mol. The van der Waals surface area contributed by atoms with E-state index >= 15 is 0 Å². The summed E-state index contributed by atoms with van der Waals surface area (Å²) in [6, 6.07) is 12.3. The number of esters is 1. The lowest BCUT2D eigenvalue weighted by atomic mass is 10.0. The lowest BCUT2D eigenvalue weighted by Gasteiger charge is -2.25. The number of amides is 1. The van der Waals surface area contributed by atoms with Gasteiger partial charge in [0.1, 0.15) is 11.6 Å². The molecule has 1 N–H and O–H groups in total. The van der Waals surface area contributed by atoms with Crippen LogP contribution in [0.25, 0.3) is 0 Å². The van der Waals surface area contributed by atoms with Crippen LogP contribution < -0.4 is 10.1 Å². The van der Waals surface area contributed by atoms with Crippen LogP contribution in [0.15, 0.2) is 48.5 Å². The average Bonchev–Trinajstić information content (AvgIpc) is 2.91. The standard InChI is InChI=1S/C27H26ClF3N2O4/c1-16-25(30)18(12-22(29)26(16)31)10-11-33(27(35)21-13-19(28)6-9-23(21)32-2)14-17-4-7-20(8-5-17)37-15-24(34)36-3/h4-9,12-13,32H,10-11,14-15H2,1-3H3. The number of anilines is 1. The summed E-state index contributed by atoms with van der Waals surface area (Å²) in [6.45, 7) is 1.04. The molecule has 0 unspecified atom stereocenters. The molecule has 0 saturated carbocycles. The molecular weight excluding hydrogens is 509 g/mol. The molecule has 0 radical (unpaired) electrons. The Morgan fingerprint density at radius 3 is 2.38 bits per heavy atom. The number of rotatable bonds is 10. The van der Waals surface area contributed by atoms with Crippen molar-refractivity contribution in [3.8, 4) is 5.75 Å². The van der Waals surface area contributed by atoms with E-state index in [9.17, 15) is 22.8 Å². The molecular formula is C27H26ClF3N2O4. The highest BCUT2D eigenvalue weighted by atomic mass is 35.5. The van der Waals surface area contributed by atoms with Crippen molar-refractivity contribution in [2.45, 2.75) is 19.9 Å². The van der Waals surface area contributed by atoms with Gasteiger partial charge in [-0.2, -0.15) is 0 Å². The minimum absolute atomic E-state index is 0.0104. The molecule has 37 heavy (non-hydrogen) atoms. The third kappa shape index (κ3) is 6.95. The Kier molecular flexibility index (Phi) is 9.41. The molecule has 0 aliphatic carbocycles. The average molecular weight is 535 g/mol. The first-order valence-electron chi connectivity index (χ1n) is 11.3. The quantitative estimate of drug-likeness (QED) is 0.273. The van der Waals surface area contributed by atoms with Crippen molar-refractivity contribution in [2.75, 3.05) is 32.6 Å². The molecule has 6 nitrogen and oxygen atoms in total. The van der Waals surface area contributed by atoms with E-state index in [0.29, 0.717) is 27.6 Å². The Bertz CT molecular complexity index is 1290. The maximum absolute atomic E-state index is 14.6. The van der Waals surface area contributed by atoms with Crippen LogP contribution in [0, 0.1) is 24.4 Å². The van der Waals surface area contributed by atoms with Crippen molar-refractivity contribution in [3.63, 3.8) is 0 Å². The summed E-state index contributed by atoms with van der Waals surface area (Å²) in [7, 11) is 2.92. The van der Waals surface area contributed by atoms with E-state index in [0.717, 1.165) is 13.0 Å². The maximum atomic E-state index is 14.6. The number of methoxy groups -OCH3 is 1. The van der Waals surface area contributed by atoms with E-state index in [2.05, 4.69) is 10.1 Å². The molecule has 0 spiro atoms. The summed E-state index contributed by atoms with van der Waals surface area (Å²) in [5.41, 5.74) is 1.10. The minimum Gasteiger partial charge on any atom is -0.482 e. The van der Waals surface area contributed by atoms with Gasteiger partial charge in [0.05, 0.1) is 12.7 Å². The monoisotopic (exact) mass is 534 g/mol. The van der Waals surface area contributed by atoms with Gasteiger partial charge in [0, 0.05) is 36.4 Å². The first kappa shape index (κ1) is 27.9. The van der Waals surface area contributed by atoms with Crippen molar-refractivity contribution in [2.24, 2.45) is 0 Å². The zero-order valence-electron chi connectivity index (χ0n) is 20.5. The molecule has 1 amide bonds. The van der Waals surface area contributed by atoms with E-state index in [4.69, 9.17) is 16.3 Å². The normalized spacial score (nSPS) is 10.7. The molecule has 0 aliphatic heterocycles. The highest BCUT2D eigenvalue weighted by Crippen LogP contribution is 2.25. The maximum Gasteiger partial charge on any atom is 0.343 e. The van der Waals surface area contributed by atoms with Gasteiger partial charge in [0.15, 0.2) is 18.2 Å². The van der Waals surface area contributed by atoms with Crippen LogP contribution in [0.2, 0.25) is 5.02 Å². The van der Waals surface area contributed by atoms with Gasteiger partial charge < -0.3 is 19.7 Å². The zero-order valence-corrected chi connectivity index (χ0v) is 21.3. The molecule has 0 aromatic heterocycles. The number of nitrogens with one attached hydrogen (secondary N) is 1. The van der Waals surface area contributed by atoms with Crippen molar-refractivity contribution in [1.82, 2.24) is 4.90 Å². The Morgan fingerprint density at radius 1 is 1.03 bits per heavy atom. The molecule has 10 heteroatoms. The van der Waals surface area contributed by atoms with Crippen LogP contribution in [-0.4, -0.2) is 44.1 Å². The van der Waals surface area contributed by atoms with Crippen LogP contribution in [0.1, 0.15) is 27.0 Å². The molecule has 3 aromatic carbocycles. The van der Waals surface area contributed by atoms with Crippen molar-refractivity contribution >= 4 is 29.2 Å². The summed E-state index contributed by atoms with van der Waals surface area (Å²) in [6.07, 6.45) is -0.0502. The van der Waals surface area contributed by atoms with E-state index in [-0.39, 0.29) is 31.7 Å². The van der Waals surface area contributed by atoms with Crippen LogP contribution >= 0.6 is 11.6 Å². The number of ether oxygens (including phenoxy) is 2. The van der Waals surface area contributed by atoms with Gasteiger partial charge in [-0.25, -0.2) is 18.0 Å². The molecule has 0 bridgehead atoms. The molecule has 0 atom stereocenters. The summed E-state index contributed by atoms with van der Waals surface area (Å²) in [5, 5.41) is 3.31. The van der Waals surface area contributed by atoms with Gasteiger partial charge in [-0.15, -0.1) is 0 Å². The number of hydrogen-bond acceptors (Lipinski definition) is 5. The first-order chi connectivity index (χ1) is 17.6. The van der Waals surface area contributed by atoms with E-state index < -0.39 is 34.9 Å². The summed E-state index contributed by atoms with van der Waals surface area (Å²) < 4.78 is 52.2. The fourth-order valence-electron chi connectivity index (χ4n) is 3.68. The van der Waals surface area contributed by atoms with Gasteiger partial charge in [-0.05, 0) is 60.9 Å². The number of nitrogens with zero attached hydrogens (tertiary/aromatic N) is 1. The number of carbonyl (C=O) groups excluding carboxylic acids is 2. The highest BCUT2D eigenvalue weighted by molar-refractivity contribution is 6.31. The van der Waals surface area contributed by atoms with Crippen molar-refractivity contribution < 1.29 is 32.2 Å². The third-order valence-electron chi connectivity index (χ3n) is 5.75. The highest BCUT2D eigenvalue weighted by Gasteiger charge is 2.22. The lowest BCUT2D eigenvalue weighted by Crippen LogP contribution is -2.33. The van der Waals surface area contributed by atoms with Crippen LogP contribution in [0.4, 0.5) is 18.9 Å². The van der Waals surface area contributed by atoms with Crippen LogP contribution in [-0.2, 0) is 22.5 Å².